The first-order valence-corrected chi connectivity index (χ1v) is 5.54. The van der Waals surface area contributed by atoms with Gasteiger partial charge in [-0.05, 0) is 19.1 Å². The van der Waals surface area contributed by atoms with E-state index in [2.05, 4.69) is 55.2 Å². The Kier molecular flexibility index (Phi) is 4.56. The zero-order valence-corrected chi connectivity index (χ0v) is 10.1. The third-order valence-corrected chi connectivity index (χ3v) is 2.35. The summed E-state index contributed by atoms with van der Waals surface area (Å²) in [5.41, 5.74) is 1.10. The Morgan fingerprint density at radius 1 is 1.40 bits per heavy atom. The number of nitrogens with zero attached hydrogens (tertiary/aromatic N) is 2. The maximum Gasteiger partial charge on any atom is 0.128 e. The van der Waals surface area contributed by atoms with Gasteiger partial charge in [-0.1, -0.05) is 19.9 Å². The van der Waals surface area contributed by atoms with Gasteiger partial charge in [-0.3, -0.25) is 0 Å². The zero-order valence-electron chi connectivity index (χ0n) is 10.1. The number of nitrogens with one attached hydrogen (secondary N) is 1. The van der Waals surface area contributed by atoms with Crippen molar-refractivity contribution in [3.05, 3.63) is 23.9 Å². The van der Waals surface area contributed by atoms with Crippen molar-refractivity contribution in [3.8, 4) is 0 Å². The van der Waals surface area contributed by atoms with Gasteiger partial charge in [0.2, 0.25) is 0 Å². The summed E-state index contributed by atoms with van der Waals surface area (Å²) in [6, 6.07) is 6.66. The molecule has 0 atom stereocenters. The molecule has 1 aromatic heterocycles. The van der Waals surface area contributed by atoms with E-state index in [4.69, 9.17) is 0 Å². The van der Waals surface area contributed by atoms with E-state index < -0.39 is 0 Å². The van der Waals surface area contributed by atoms with E-state index >= 15 is 0 Å². The van der Waals surface area contributed by atoms with E-state index in [0.29, 0.717) is 6.04 Å². The first-order valence-electron chi connectivity index (χ1n) is 5.54. The molecule has 1 N–H and O–H groups in total. The van der Waals surface area contributed by atoms with Crippen LogP contribution in [0.15, 0.2) is 18.2 Å². The smallest absolute Gasteiger partial charge is 0.128 e. The van der Waals surface area contributed by atoms with Gasteiger partial charge in [-0.25, -0.2) is 4.98 Å². The van der Waals surface area contributed by atoms with Gasteiger partial charge < -0.3 is 10.2 Å². The largest absolute Gasteiger partial charge is 0.360 e. The summed E-state index contributed by atoms with van der Waals surface area (Å²) < 4.78 is 0. The normalized spacial score (nSPS) is 10.7. The molecule has 0 spiro atoms. The number of aromatic nitrogens is 1. The van der Waals surface area contributed by atoms with E-state index in [-0.39, 0.29) is 0 Å². The highest BCUT2D eigenvalue weighted by atomic mass is 15.2. The van der Waals surface area contributed by atoms with Gasteiger partial charge in [0.05, 0.1) is 5.69 Å². The number of hydrogen-bond acceptors (Lipinski definition) is 3. The van der Waals surface area contributed by atoms with Crippen LogP contribution >= 0.6 is 0 Å². The quantitative estimate of drug-likeness (QED) is 0.801. The van der Waals surface area contributed by atoms with Crippen molar-refractivity contribution >= 4 is 5.82 Å². The first kappa shape index (κ1) is 12.0. The number of anilines is 1. The highest BCUT2D eigenvalue weighted by Gasteiger charge is 2.01. The molecule has 0 aromatic carbocycles. The number of pyridine rings is 1. The summed E-state index contributed by atoms with van der Waals surface area (Å²) in [6.07, 6.45) is 0. The lowest BCUT2D eigenvalue weighted by molar-refractivity contribution is 0.581. The standard InChI is InChI=1S/C12H21N3/c1-5-15(4)12-8-6-7-11(14-12)9-13-10(2)3/h6-8,10,13H,5,9H2,1-4H3. The van der Waals surface area contributed by atoms with Gasteiger partial charge in [0.15, 0.2) is 0 Å². The molecule has 0 aliphatic rings. The summed E-state index contributed by atoms with van der Waals surface area (Å²) in [5, 5.41) is 3.36. The van der Waals surface area contributed by atoms with E-state index in [1.54, 1.807) is 0 Å². The van der Waals surface area contributed by atoms with Crippen LogP contribution in [0.1, 0.15) is 26.5 Å². The summed E-state index contributed by atoms with van der Waals surface area (Å²) in [7, 11) is 2.06. The highest BCUT2D eigenvalue weighted by Crippen LogP contribution is 2.09. The third kappa shape index (κ3) is 3.88. The second-order valence-electron chi connectivity index (χ2n) is 4.04. The topological polar surface area (TPSA) is 28.2 Å². The van der Waals surface area contributed by atoms with Crippen molar-refractivity contribution in [3.63, 3.8) is 0 Å². The van der Waals surface area contributed by atoms with E-state index in [1.165, 1.54) is 0 Å². The summed E-state index contributed by atoms with van der Waals surface area (Å²) in [5.74, 6) is 1.04. The molecule has 0 radical (unpaired) electrons. The molecule has 0 bridgehead atoms. The fraction of sp³-hybridized carbons (Fsp3) is 0.583. The van der Waals surface area contributed by atoms with Crippen LogP contribution in [0.4, 0.5) is 5.82 Å². The molecule has 0 amide bonds. The Morgan fingerprint density at radius 3 is 2.73 bits per heavy atom. The Balaban J connectivity index is 2.65. The third-order valence-electron chi connectivity index (χ3n) is 2.35. The first-order chi connectivity index (χ1) is 7.13. The minimum absolute atomic E-state index is 0.499. The van der Waals surface area contributed by atoms with Gasteiger partial charge in [-0.15, -0.1) is 0 Å². The molecular formula is C12H21N3. The van der Waals surface area contributed by atoms with Crippen LogP contribution < -0.4 is 10.2 Å². The SMILES string of the molecule is CCN(C)c1cccc(CNC(C)C)n1. The van der Waals surface area contributed by atoms with Crippen LogP contribution in [0.5, 0.6) is 0 Å². The summed E-state index contributed by atoms with van der Waals surface area (Å²) in [4.78, 5) is 6.72. The van der Waals surface area contributed by atoms with Crippen molar-refractivity contribution < 1.29 is 0 Å². The van der Waals surface area contributed by atoms with Gasteiger partial charge in [0.25, 0.3) is 0 Å². The highest BCUT2D eigenvalue weighted by molar-refractivity contribution is 5.37. The lowest BCUT2D eigenvalue weighted by Gasteiger charge is -2.16. The monoisotopic (exact) mass is 207 g/mol. The van der Waals surface area contributed by atoms with Crippen LogP contribution in [-0.2, 0) is 6.54 Å². The van der Waals surface area contributed by atoms with Crippen LogP contribution in [-0.4, -0.2) is 24.6 Å². The molecule has 84 valence electrons. The molecule has 0 saturated heterocycles. The fourth-order valence-electron chi connectivity index (χ4n) is 1.25. The van der Waals surface area contributed by atoms with Crippen LogP contribution in [0, 0.1) is 0 Å². The second kappa shape index (κ2) is 5.71. The Hall–Kier alpha value is -1.09. The molecule has 1 rings (SSSR count). The van der Waals surface area contributed by atoms with E-state index in [0.717, 1.165) is 24.6 Å². The van der Waals surface area contributed by atoms with Crippen LogP contribution in [0.25, 0.3) is 0 Å². The average molecular weight is 207 g/mol. The zero-order chi connectivity index (χ0) is 11.3. The minimum Gasteiger partial charge on any atom is -0.360 e. The predicted molar refractivity (Wildman–Crippen MR) is 65.2 cm³/mol. The molecular weight excluding hydrogens is 186 g/mol. The number of rotatable bonds is 5. The van der Waals surface area contributed by atoms with Crippen molar-refractivity contribution in [2.75, 3.05) is 18.5 Å². The lowest BCUT2D eigenvalue weighted by atomic mass is 10.3. The van der Waals surface area contributed by atoms with Crippen molar-refractivity contribution in [2.24, 2.45) is 0 Å². The minimum atomic E-state index is 0.499. The van der Waals surface area contributed by atoms with E-state index in [9.17, 15) is 0 Å². The van der Waals surface area contributed by atoms with Crippen LogP contribution in [0.2, 0.25) is 0 Å². The summed E-state index contributed by atoms with van der Waals surface area (Å²) in [6.45, 7) is 8.22. The summed E-state index contributed by atoms with van der Waals surface area (Å²) >= 11 is 0. The lowest BCUT2D eigenvalue weighted by Crippen LogP contribution is -2.23. The molecule has 0 fully saturated rings. The predicted octanol–water partition coefficient (Wildman–Crippen LogP) is 2.04. The maximum atomic E-state index is 4.58. The molecule has 0 aliphatic carbocycles. The molecule has 0 saturated carbocycles. The Bertz CT molecular complexity index is 297. The van der Waals surface area contributed by atoms with Crippen molar-refractivity contribution in [1.82, 2.24) is 10.3 Å². The molecule has 3 heteroatoms. The van der Waals surface area contributed by atoms with Crippen molar-refractivity contribution in [2.45, 2.75) is 33.4 Å². The average Bonchev–Trinajstić information content (AvgIpc) is 2.25. The fourth-order valence-corrected chi connectivity index (χ4v) is 1.25. The van der Waals surface area contributed by atoms with E-state index in [1.807, 2.05) is 6.07 Å². The van der Waals surface area contributed by atoms with Gasteiger partial charge in [-0.2, -0.15) is 0 Å². The van der Waals surface area contributed by atoms with Crippen molar-refractivity contribution in [1.29, 1.82) is 0 Å². The number of hydrogen-bond donors (Lipinski definition) is 1. The van der Waals surface area contributed by atoms with Gasteiger partial charge in [0.1, 0.15) is 5.82 Å². The second-order valence-corrected chi connectivity index (χ2v) is 4.04. The van der Waals surface area contributed by atoms with Gasteiger partial charge in [0, 0.05) is 26.2 Å². The Morgan fingerprint density at radius 2 is 2.13 bits per heavy atom. The van der Waals surface area contributed by atoms with Crippen LogP contribution in [0.3, 0.4) is 0 Å². The molecule has 15 heavy (non-hydrogen) atoms. The van der Waals surface area contributed by atoms with Gasteiger partial charge >= 0.3 is 0 Å². The molecule has 0 unspecified atom stereocenters. The molecule has 1 aromatic rings. The molecule has 0 aliphatic heterocycles. The molecule has 1 heterocycles. The molecule has 3 nitrogen and oxygen atoms in total. The Labute approximate surface area is 92.5 Å². The maximum absolute atomic E-state index is 4.58.